The summed E-state index contributed by atoms with van der Waals surface area (Å²) in [6.07, 6.45) is -0.0380. The smallest absolute Gasteiger partial charge is 0.0922 e. The van der Waals surface area contributed by atoms with Crippen LogP contribution in [0.4, 0.5) is 0 Å². The Kier molecular flexibility index (Phi) is 4.10. The minimum Gasteiger partial charge on any atom is -0.387 e. The second-order valence-corrected chi connectivity index (χ2v) is 6.07. The molecule has 0 aliphatic carbocycles. The van der Waals surface area contributed by atoms with E-state index >= 15 is 0 Å². The zero-order valence-corrected chi connectivity index (χ0v) is 11.6. The van der Waals surface area contributed by atoms with E-state index < -0.39 is 6.10 Å². The molecule has 1 unspecified atom stereocenters. The molecule has 2 rings (SSSR count). The minimum absolute atomic E-state index is 0.485. The van der Waals surface area contributed by atoms with Crippen molar-refractivity contribution in [2.24, 2.45) is 0 Å². The van der Waals surface area contributed by atoms with Crippen molar-refractivity contribution in [2.75, 3.05) is 0 Å². The highest BCUT2D eigenvalue weighted by molar-refractivity contribution is 7.12. The normalized spacial score (nSPS) is 12.7. The summed E-state index contributed by atoms with van der Waals surface area (Å²) in [7, 11) is 0. The van der Waals surface area contributed by atoms with Gasteiger partial charge in [0.25, 0.3) is 0 Å². The van der Waals surface area contributed by atoms with Crippen LogP contribution in [0.2, 0.25) is 10.0 Å². The molecule has 0 aliphatic heterocycles. The Labute approximate surface area is 115 Å². The van der Waals surface area contributed by atoms with Crippen molar-refractivity contribution < 1.29 is 5.11 Å². The number of hydrogen-bond acceptors (Lipinski definition) is 2. The molecular formula is C13H12Cl2OS. The summed E-state index contributed by atoms with van der Waals surface area (Å²) in [5.41, 5.74) is 0.873. The highest BCUT2D eigenvalue weighted by Crippen LogP contribution is 2.29. The van der Waals surface area contributed by atoms with Crippen molar-refractivity contribution in [1.29, 1.82) is 0 Å². The van der Waals surface area contributed by atoms with Gasteiger partial charge >= 0.3 is 0 Å². The molecule has 0 radical (unpaired) electrons. The predicted molar refractivity (Wildman–Crippen MR) is 74.2 cm³/mol. The Morgan fingerprint density at radius 3 is 2.65 bits per heavy atom. The molecule has 2 aromatic rings. The lowest BCUT2D eigenvalue weighted by molar-refractivity contribution is 0.182. The Morgan fingerprint density at radius 1 is 1.24 bits per heavy atom. The molecule has 0 amide bonds. The van der Waals surface area contributed by atoms with Crippen molar-refractivity contribution in [3.63, 3.8) is 0 Å². The molecule has 0 aliphatic rings. The third kappa shape index (κ3) is 3.23. The van der Waals surface area contributed by atoms with Gasteiger partial charge in [-0.3, -0.25) is 0 Å². The standard InChI is InChI=1S/C13H12Cl2OS/c1-8-2-5-13(17-8)12(16)7-9-6-10(14)3-4-11(9)15/h2-6,12,16H,7H2,1H3. The van der Waals surface area contributed by atoms with Crippen LogP contribution in [-0.2, 0) is 6.42 Å². The number of aliphatic hydroxyl groups excluding tert-OH is 1. The molecule has 1 aromatic heterocycles. The highest BCUT2D eigenvalue weighted by Gasteiger charge is 2.12. The Balaban J connectivity index is 2.18. The van der Waals surface area contributed by atoms with Crippen molar-refractivity contribution in [2.45, 2.75) is 19.4 Å². The fourth-order valence-corrected chi connectivity index (χ4v) is 2.89. The van der Waals surface area contributed by atoms with Gasteiger partial charge in [0, 0.05) is 26.2 Å². The quantitative estimate of drug-likeness (QED) is 0.872. The number of hydrogen-bond donors (Lipinski definition) is 1. The first kappa shape index (κ1) is 12.9. The summed E-state index contributed by atoms with van der Waals surface area (Å²) >= 11 is 13.6. The molecule has 4 heteroatoms. The van der Waals surface area contributed by atoms with Crippen molar-refractivity contribution in [1.82, 2.24) is 0 Å². The average molecular weight is 287 g/mol. The summed E-state index contributed by atoms with van der Waals surface area (Å²) in [6, 6.07) is 9.25. The van der Waals surface area contributed by atoms with Gasteiger partial charge in [0.2, 0.25) is 0 Å². The van der Waals surface area contributed by atoms with Crippen LogP contribution in [0, 0.1) is 6.92 Å². The molecule has 1 aromatic carbocycles. The van der Waals surface area contributed by atoms with Gasteiger partial charge in [-0.1, -0.05) is 23.2 Å². The second-order valence-electron chi connectivity index (χ2n) is 3.90. The predicted octanol–water partition coefficient (Wildman–Crippen LogP) is 4.64. The zero-order chi connectivity index (χ0) is 12.4. The average Bonchev–Trinajstić information content (AvgIpc) is 2.70. The first-order chi connectivity index (χ1) is 8.06. The van der Waals surface area contributed by atoms with E-state index in [4.69, 9.17) is 23.2 Å². The fraction of sp³-hybridized carbons (Fsp3) is 0.231. The van der Waals surface area contributed by atoms with Gasteiger partial charge in [0.15, 0.2) is 0 Å². The van der Waals surface area contributed by atoms with Crippen LogP contribution in [0.5, 0.6) is 0 Å². The molecule has 0 saturated carbocycles. The van der Waals surface area contributed by atoms with E-state index in [-0.39, 0.29) is 0 Å². The zero-order valence-electron chi connectivity index (χ0n) is 9.28. The van der Waals surface area contributed by atoms with Crippen LogP contribution in [0.15, 0.2) is 30.3 Å². The lowest BCUT2D eigenvalue weighted by atomic mass is 10.1. The minimum atomic E-state index is -0.523. The molecule has 0 saturated heterocycles. The second kappa shape index (κ2) is 5.40. The first-order valence-electron chi connectivity index (χ1n) is 5.24. The molecule has 1 N–H and O–H groups in total. The van der Waals surface area contributed by atoms with E-state index in [9.17, 15) is 5.11 Å². The van der Waals surface area contributed by atoms with Crippen molar-refractivity contribution in [3.8, 4) is 0 Å². The van der Waals surface area contributed by atoms with Gasteiger partial charge < -0.3 is 5.11 Å². The number of aryl methyl sites for hydroxylation is 1. The van der Waals surface area contributed by atoms with Crippen LogP contribution in [0.1, 0.15) is 21.4 Å². The molecule has 0 spiro atoms. The monoisotopic (exact) mass is 286 g/mol. The Hall–Kier alpha value is -0.540. The number of halogens is 2. The number of aliphatic hydroxyl groups is 1. The van der Waals surface area contributed by atoms with Crippen LogP contribution in [-0.4, -0.2) is 5.11 Å². The summed E-state index contributed by atoms with van der Waals surface area (Å²) in [5.74, 6) is 0. The van der Waals surface area contributed by atoms with Crippen LogP contribution in [0.25, 0.3) is 0 Å². The van der Waals surface area contributed by atoms with Gasteiger partial charge in [0.1, 0.15) is 0 Å². The number of benzene rings is 1. The molecule has 90 valence electrons. The molecule has 0 fully saturated rings. The van der Waals surface area contributed by atoms with E-state index in [0.717, 1.165) is 10.4 Å². The molecule has 17 heavy (non-hydrogen) atoms. The largest absolute Gasteiger partial charge is 0.387 e. The molecule has 1 heterocycles. The molecule has 1 atom stereocenters. The summed E-state index contributed by atoms with van der Waals surface area (Å²) in [4.78, 5) is 2.15. The summed E-state index contributed by atoms with van der Waals surface area (Å²) < 4.78 is 0. The third-order valence-electron chi connectivity index (χ3n) is 2.51. The van der Waals surface area contributed by atoms with Gasteiger partial charge in [-0.05, 0) is 42.8 Å². The molecule has 0 bridgehead atoms. The van der Waals surface area contributed by atoms with Crippen LogP contribution < -0.4 is 0 Å². The lowest BCUT2D eigenvalue weighted by Crippen LogP contribution is -2.00. The molecule has 1 nitrogen and oxygen atoms in total. The van der Waals surface area contributed by atoms with E-state index in [0.29, 0.717) is 16.5 Å². The lowest BCUT2D eigenvalue weighted by Gasteiger charge is -2.10. The van der Waals surface area contributed by atoms with Crippen molar-refractivity contribution >= 4 is 34.5 Å². The fourth-order valence-electron chi connectivity index (χ4n) is 1.64. The number of thiophene rings is 1. The van der Waals surface area contributed by atoms with E-state index in [2.05, 4.69) is 0 Å². The summed E-state index contributed by atoms with van der Waals surface area (Å²) in [6.45, 7) is 2.02. The van der Waals surface area contributed by atoms with E-state index in [1.807, 2.05) is 19.1 Å². The topological polar surface area (TPSA) is 20.2 Å². The molecular weight excluding hydrogens is 275 g/mol. The maximum absolute atomic E-state index is 10.1. The Morgan fingerprint density at radius 2 is 2.00 bits per heavy atom. The van der Waals surface area contributed by atoms with Gasteiger partial charge in [0.05, 0.1) is 6.10 Å². The maximum atomic E-state index is 10.1. The number of rotatable bonds is 3. The van der Waals surface area contributed by atoms with E-state index in [1.165, 1.54) is 4.88 Å². The Bertz CT molecular complexity index is 522. The third-order valence-corrected chi connectivity index (χ3v) is 4.22. The van der Waals surface area contributed by atoms with Gasteiger partial charge in [-0.25, -0.2) is 0 Å². The van der Waals surface area contributed by atoms with Crippen LogP contribution in [0.3, 0.4) is 0 Å². The highest BCUT2D eigenvalue weighted by atomic mass is 35.5. The SMILES string of the molecule is Cc1ccc(C(O)Cc2cc(Cl)ccc2Cl)s1. The van der Waals surface area contributed by atoms with Crippen LogP contribution >= 0.6 is 34.5 Å². The van der Waals surface area contributed by atoms with Gasteiger partial charge in [-0.15, -0.1) is 11.3 Å². The first-order valence-corrected chi connectivity index (χ1v) is 6.82. The van der Waals surface area contributed by atoms with Gasteiger partial charge in [-0.2, -0.15) is 0 Å². The summed E-state index contributed by atoms with van der Waals surface area (Å²) in [5, 5.41) is 11.4. The van der Waals surface area contributed by atoms with E-state index in [1.54, 1.807) is 29.5 Å². The van der Waals surface area contributed by atoms with Crippen molar-refractivity contribution in [3.05, 3.63) is 55.7 Å². The maximum Gasteiger partial charge on any atom is 0.0922 e.